The average Bonchev–Trinajstić information content (AvgIpc) is 2.35. The molecule has 4 heteroatoms. The third kappa shape index (κ3) is 4.47. The maximum Gasteiger partial charge on any atom is 0.322 e. The molecule has 0 amide bonds. The quantitative estimate of drug-likeness (QED) is 0.775. The van der Waals surface area contributed by atoms with Gasteiger partial charge in [0.2, 0.25) is 0 Å². The van der Waals surface area contributed by atoms with Crippen LogP contribution in [0.25, 0.3) is 0 Å². The Bertz CT molecular complexity index is 391. The van der Waals surface area contributed by atoms with Gasteiger partial charge >= 0.3 is 5.97 Å². The van der Waals surface area contributed by atoms with Gasteiger partial charge in [-0.1, -0.05) is 24.3 Å². The molecule has 0 spiro atoms. The molecule has 1 atom stereocenters. The van der Waals surface area contributed by atoms with Gasteiger partial charge in [0, 0.05) is 13.1 Å². The van der Waals surface area contributed by atoms with Gasteiger partial charge in [0.25, 0.3) is 0 Å². The molecule has 0 aromatic heterocycles. The van der Waals surface area contributed by atoms with E-state index in [1.165, 1.54) is 18.2 Å². The minimum absolute atomic E-state index is 0.236. The summed E-state index contributed by atoms with van der Waals surface area (Å²) in [6.07, 6.45) is 0. The lowest BCUT2D eigenvalue weighted by Crippen LogP contribution is -2.34. The monoisotopic (exact) mass is 250 g/mol. The van der Waals surface area contributed by atoms with Gasteiger partial charge in [-0.2, -0.15) is 0 Å². The van der Waals surface area contributed by atoms with Crippen LogP contribution in [0.2, 0.25) is 0 Å². The summed E-state index contributed by atoms with van der Waals surface area (Å²) < 4.78 is 4.69. The van der Waals surface area contributed by atoms with E-state index in [1.807, 2.05) is 26.2 Å². The van der Waals surface area contributed by atoms with Crippen LogP contribution in [0.15, 0.2) is 24.3 Å². The molecular formula is C14H22N2O2. The highest BCUT2D eigenvalue weighted by molar-refractivity contribution is 5.75. The van der Waals surface area contributed by atoms with E-state index in [0.717, 1.165) is 6.54 Å². The van der Waals surface area contributed by atoms with Crippen LogP contribution in [0.5, 0.6) is 0 Å². The molecule has 1 unspecified atom stereocenters. The van der Waals surface area contributed by atoms with E-state index in [-0.39, 0.29) is 12.0 Å². The molecule has 0 saturated heterocycles. The zero-order valence-electron chi connectivity index (χ0n) is 11.6. The summed E-state index contributed by atoms with van der Waals surface area (Å²) in [7, 11) is 5.49. The normalized spacial score (nSPS) is 12.5. The number of carbonyl (C=O) groups is 1. The largest absolute Gasteiger partial charge is 0.468 e. The highest BCUT2D eigenvalue weighted by Gasteiger charge is 2.12. The molecule has 0 aliphatic rings. The summed E-state index contributed by atoms with van der Waals surface area (Å²) >= 11 is 0. The van der Waals surface area contributed by atoms with Crippen molar-refractivity contribution in [2.24, 2.45) is 0 Å². The van der Waals surface area contributed by atoms with Gasteiger partial charge in [-0.25, -0.2) is 0 Å². The first kappa shape index (κ1) is 14.7. The third-order valence-electron chi connectivity index (χ3n) is 2.76. The van der Waals surface area contributed by atoms with E-state index in [0.29, 0.717) is 6.54 Å². The first-order valence-corrected chi connectivity index (χ1v) is 6.07. The Balaban J connectivity index is 2.64. The number of hydrogen-bond acceptors (Lipinski definition) is 4. The van der Waals surface area contributed by atoms with Crippen molar-refractivity contribution in [3.63, 3.8) is 0 Å². The summed E-state index contributed by atoms with van der Waals surface area (Å²) in [4.78, 5) is 13.4. The Labute approximate surface area is 109 Å². The van der Waals surface area contributed by atoms with Crippen molar-refractivity contribution in [2.45, 2.75) is 26.1 Å². The Morgan fingerprint density at radius 1 is 1.33 bits per heavy atom. The number of nitrogens with one attached hydrogen (secondary N) is 1. The third-order valence-corrected chi connectivity index (χ3v) is 2.76. The maximum absolute atomic E-state index is 11.3. The van der Waals surface area contributed by atoms with Crippen LogP contribution < -0.4 is 5.32 Å². The first-order valence-electron chi connectivity index (χ1n) is 6.07. The minimum Gasteiger partial charge on any atom is -0.468 e. The van der Waals surface area contributed by atoms with Gasteiger partial charge in [-0.05, 0) is 32.1 Å². The number of rotatable bonds is 6. The Kier molecular flexibility index (Phi) is 5.82. The number of carbonyl (C=O) groups excluding carboxylic acids is 1. The van der Waals surface area contributed by atoms with Crippen molar-refractivity contribution in [1.29, 1.82) is 0 Å². The fraction of sp³-hybridized carbons (Fsp3) is 0.500. The van der Waals surface area contributed by atoms with Gasteiger partial charge in [-0.15, -0.1) is 0 Å². The minimum atomic E-state index is -0.289. The number of ether oxygens (including phenoxy) is 1. The molecule has 0 bridgehead atoms. The van der Waals surface area contributed by atoms with Gasteiger partial charge < -0.3 is 15.0 Å². The highest BCUT2D eigenvalue weighted by atomic mass is 16.5. The zero-order chi connectivity index (χ0) is 13.5. The first-order chi connectivity index (χ1) is 8.54. The lowest BCUT2D eigenvalue weighted by molar-refractivity contribution is -0.142. The molecule has 4 nitrogen and oxygen atoms in total. The fourth-order valence-corrected chi connectivity index (χ4v) is 1.75. The van der Waals surface area contributed by atoms with Crippen LogP contribution in [-0.4, -0.2) is 38.1 Å². The van der Waals surface area contributed by atoms with E-state index in [1.54, 1.807) is 6.92 Å². The standard InChI is InChI=1S/C14H22N2O2/c1-11(14(17)18-4)15-9-12-7-5-6-8-13(12)10-16(2)3/h5-8,11,15H,9-10H2,1-4H3. The van der Waals surface area contributed by atoms with E-state index in [4.69, 9.17) is 0 Å². The highest BCUT2D eigenvalue weighted by Crippen LogP contribution is 2.10. The van der Waals surface area contributed by atoms with Crippen molar-refractivity contribution in [1.82, 2.24) is 10.2 Å². The molecule has 1 rings (SSSR count). The van der Waals surface area contributed by atoms with Crippen molar-refractivity contribution in [3.8, 4) is 0 Å². The molecule has 1 aromatic carbocycles. The second-order valence-corrected chi connectivity index (χ2v) is 4.63. The van der Waals surface area contributed by atoms with Crippen LogP contribution >= 0.6 is 0 Å². The molecule has 0 aliphatic heterocycles. The molecule has 0 aliphatic carbocycles. The molecule has 0 radical (unpaired) electrons. The number of methoxy groups -OCH3 is 1. The summed E-state index contributed by atoms with van der Waals surface area (Å²) in [5.41, 5.74) is 2.48. The SMILES string of the molecule is COC(=O)C(C)NCc1ccccc1CN(C)C. The van der Waals surface area contributed by atoms with Crippen molar-refractivity contribution in [2.75, 3.05) is 21.2 Å². The van der Waals surface area contributed by atoms with Crippen LogP contribution in [0, 0.1) is 0 Å². The molecule has 0 heterocycles. The predicted octanol–water partition coefficient (Wildman–Crippen LogP) is 1.40. The molecule has 100 valence electrons. The lowest BCUT2D eigenvalue weighted by atomic mass is 10.1. The second-order valence-electron chi connectivity index (χ2n) is 4.63. The molecule has 0 saturated carbocycles. The Hall–Kier alpha value is -1.39. The number of benzene rings is 1. The van der Waals surface area contributed by atoms with Gasteiger partial charge in [0.1, 0.15) is 6.04 Å². The summed E-state index contributed by atoms with van der Waals surface area (Å²) in [5.74, 6) is -0.236. The number of nitrogens with zero attached hydrogens (tertiary/aromatic N) is 1. The molecule has 0 fully saturated rings. The van der Waals surface area contributed by atoms with E-state index < -0.39 is 0 Å². The predicted molar refractivity (Wildman–Crippen MR) is 72.2 cm³/mol. The topological polar surface area (TPSA) is 41.6 Å². The molecule has 18 heavy (non-hydrogen) atoms. The smallest absolute Gasteiger partial charge is 0.322 e. The summed E-state index contributed by atoms with van der Waals surface area (Å²) in [5, 5.41) is 3.17. The van der Waals surface area contributed by atoms with E-state index >= 15 is 0 Å². The van der Waals surface area contributed by atoms with Crippen LogP contribution in [-0.2, 0) is 22.6 Å². The Morgan fingerprint density at radius 2 is 1.94 bits per heavy atom. The summed E-state index contributed by atoms with van der Waals surface area (Å²) in [6.45, 7) is 3.37. The van der Waals surface area contributed by atoms with Gasteiger partial charge in [-0.3, -0.25) is 4.79 Å². The zero-order valence-corrected chi connectivity index (χ0v) is 11.6. The van der Waals surface area contributed by atoms with Crippen LogP contribution in [0.3, 0.4) is 0 Å². The average molecular weight is 250 g/mol. The van der Waals surface area contributed by atoms with E-state index in [9.17, 15) is 4.79 Å². The maximum atomic E-state index is 11.3. The van der Waals surface area contributed by atoms with E-state index in [2.05, 4.69) is 27.1 Å². The molecule has 1 N–H and O–H groups in total. The number of hydrogen-bond donors (Lipinski definition) is 1. The molecular weight excluding hydrogens is 228 g/mol. The van der Waals surface area contributed by atoms with Crippen LogP contribution in [0.4, 0.5) is 0 Å². The summed E-state index contributed by atoms with van der Waals surface area (Å²) in [6, 6.07) is 7.95. The van der Waals surface area contributed by atoms with Crippen molar-refractivity contribution >= 4 is 5.97 Å². The van der Waals surface area contributed by atoms with Crippen molar-refractivity contribution in [3.05, 3.63) is 35.4 Å². The van der Waals surface area contributed by atoms with Crippen molar-refractivity contribution < 1.29 is 9.53 Å². The van der Waals surface area contributed by atoms with Gasteiger partial charge in [0.05, 0.1) is 7.11 Å². The lowest BCUT2D eigenvalue weighted by Gasteiger charge is -2.16. The number of esters is 1. The van der Waals surface area contributed by atoms with Gasteiger partial charge in [0.15, 0.2) is 0 Å². The Morgan fingerprint density at radius 3 is 2.50 bits per heavy atom. The molecule has 1 aromatic rings. The fourth-order valence-electron chi connectivity index (χ4n) is 1.75. The van der Waals surface area contributed by atoms with Crippen LogP contribution in [0.1, 0.15) is 18.1 Å². The second kappa shape index (κ2) is 7.13.